The molecule has 1 fully saturated rings. The third kappa shape index (κ3) is 4.50. The van der Waals surface area contributed by atoms with Crippen molar-refractivity contribution in [1.82, 2.24) is 14.9 Å². The number of hydrogen-bond donors (Lipinski definition) is 0. The lowest BCUT2D eigenvalue weighted by molar-refractivity contribution is 0.0728. The van der Waals surface area contributed by atoms with Crippen LogP contribution in [0, 0.1) is 12.7 Å². The Bertz CT molecular complexity index is 1290. The van der Waals surface area contributed by atoms with E-state index in [1.807, 2.05) is 42.2 Å². The van der Waals surface area contributed by atoms with Gasteiger partial charge in [0.1, 0.15) is 17.2 Å². The van der Waals surface area contributed by atoms with Crippen molar-refractivity contribution >= 4 is 33.2 Å². The number of aromatic nitrogens is 2. The van der Waals surface area contributed by atoms with E-state index >= 15 is 0 Å². The van der Waals surface area contributed by atoms with Gasteiger partial charge in [-0.1, -0.05) is 42.5 Å². The Morgan fingerprint density at radius 3 is 2.67 bits per heavy atom. The third-order valence-corrected chi connectivity index (χ3v) is 7.33. The zero-order chi connectivity index (χ0) is 22.9. The molecule has 1 aliphatic heterocycles. The van der Waals surface area contributed by atoms with Gasteiger partial charge in [-0.2, -0.15) is 0 Å². The molecular weight excluding hydrogens is 505 g/mol. The van der Waals surface area contributed by atoms with E-state index in [4.69, 9.17) is 4.42 Å². The minimum atomic E-state index is -0.306. The van der Waals surface area contributed by atoms with Gasteiger partial charge in [-0.15, -0.1) is 11.3 Å². The minimum Gasteiger partial charge on any atom is -0.433 e. The number of benzene rings is 2. The summed E-state index contributed by atoms with van der Waals surface area (Å²) in [5, 5.41) is 0.803. The largest absolute Gasteiger partial charge is 0.433 e. The molecule has 5 rings (SSSR count). The lowest BCUT2D eigenvalue weighted by Crippen LogP contribution is -2.37. The van der Waals surface area contributed by atoms with Crippen LogP contribution in [0.25, 0.3) is 21.7 Å². The maximum absolute atomic E-state index is 13.6. The zero-order valence-electron chi connectivity index (χ0n) is 17.9. The highest BCUT2D eigenvalue weighted by molar-refractivity contribution is 9.10. The molecule has 0 aliphatic carbocycles. The molecule has 168 valence electrons. The Morgan fingerprint density at radius 1 is 1.15 bits per heavy atom. The molecule has 0 saturated carbocycles. The van der Waals surface area contributed by atoms with Gasteiger partial charge in [-0.3, -0.25) is 4.79 Å². The van der Waals surface area contributed by atoms with E-state index in [2.05, 4.69) is 25.9 Å². The molecule has 1 unspecified atom stereocenters. The molecule has 2 aromatic heterocycles. The average Bonchev–Trinajstić information content (AvgIpc) is 3.53. The molecule has 1 saturated heterocycles. The van der Waals surface area contributed by atoms with Gasteiger partial charge in [-0.25, -0.2) is 14.4 Å². The van der Waals surface area contributed by atoms with Crippen LogP contribution in [0.2, 0.25) is 0 Å². The zero-order valence-corrected chi connectivity index (χ0v) is 20.3. The van der Waals surface area contributed by atoms with Gasteiger partial charge in [0.05, 0.1) is 9.88 Å². The first-order valence-corrected chi connectivity index (χ1v) is 12.4. The van der Waals surface area contributed by atoms with Crippen LogP contribution in [-0.4, -0.2) is 33.4 Å². The Labute approximate surface area is 203 Å². The predicted molar refractivity (Wildman–Crippen MR) is 130 cm³/mol. The Morgan fingerprint density at radius 2 is 1.91 bits per heavy atom. The number of aryl methyl sites for hydroxylation is 1. The van der Waals surface area contributed by atoms with E-state index in [9.17, 15) is 9.18 Å². The second kappa shape index (κ2) is 9.19. The normalized spacial score (nSPS) is 15.8. The van der Waals surface area contributed by atoms with Crippen molar-refractivity contribution in [2.75, 3.05) is 6.54 Å². The summed E-state index contributed by atoms with van der Waals surface area (Å²) in [5.74, 6) is 0.188. The van der Waals surface area contributed by atoms with Gasteiger partial charge in [0.25, 0.3) is 5.91 Å². The van der Waals surface area contributed by atoms with Crippen molar-refractivity contribution in [3.05, 3.63) is 81.7 Å². The summed E-state index contributed by atoms with van der Waals surface area (Å²) in [5.41, 5.74) is 2.95. The second-order valence-electron chi connectivity index (χ2n) is 8.01. The van der Waals surface area contributed by atoms with E-state index in [0.717, 1.165) is 39.5 Å². The van der Waals surface area contributed by atoms with Crippen molar-refractivity contribution in [2.45, 2.75) is 32.2 Å². The van der Waals surface area contributed by atoms with E-state index in [1.54, 1.807) is 12.1 Å². The molecular formula is C25H21BrFN3O2S. The van der Waals surface area contributed by atoms with E-state index in [0.29, 0.717) is 29.2 Å². The first-order valence-electron chi connectivity index (χ1n) is 10.7. The topological polar surface area (TPSA) is 59.2 Å². The summed E-state index contributed by atoms with van der Waals surface area (Å²) in [6.45, 7) is 2.54. The van der Waals surface area contributed by atoms with Gasteiger partial charge in [0.15, 0.2) is 10.6 Å². The monoisotopic (exact) mass is 525 g/mol. The van der Waals surface area contributed by atoms with Crippen LogP contribution in [0.5, 0.6) is 0 Å². The van der Waals surface area contributed by atoms with Gasteiger partial charge in [-0.05, 0) is 53.4 Å². The summed E-state index contributed by atoms with van der Waals surface area (Å²) >= 11 is 4.93. The number of carbonyl (C=O) groups is 1. The summed E-state index contributed by atoms with van der Waals surface area (Å²) in [4.78, 5) is 25.4. The van der Waals surface area contributed by atoms with Crippen molar-refractivity contribution < 1.29 is 13.6 Å². The van der Waals surface area contributed by atoms with Crippen molar-refractivity contribution in [2.24, 2.45) is 0 Å². The van der Waals surface area contributed by atoms with Gasteiger partial charge in [0, 0.05) is 24.6 Å². The number of halogens is 2. The summed E-state index contributed by atoms with van der Waals surface area (Å²) in [7, 11) is 0. The number of rotatable bonds is 5. The number of carbonyl (C=O) groups excluding carboxylic acids is 1. The smallest absolute Gasteiger partial charge is 0.274 e. The molecule has 1 atom stereocenters. The van der Waals surface area contributed by atoms with E-state index in [-0.39, 0.29) is 17.8 Å². The lowest BCUT2D eigenvalue weighted by Gasteiger charge is -2.23. The van der Waals surface area contributed by atoms with E-state index < -0.39 is 0 Å². The fourth-order valence-electron chi connectivity index (χ4n) is 4.23. The summed E-state index contributed by atoms with van der Waals surface area (Å²) < 4.78 is 19.9. The number of hydrogen-bond acceptors (Lipinski definition) is 5. The highest BCUT2D eigenvalue weighted by Gasteiger charge is 2.33. The van der Waals surface area contributed by atoms with Crippen LogP contribution < -0.4 is 0 Å². The molecule has 3 heterocycles. The van der Waals surface area contributed by atoms with Crippen LogP contribution in [0.1, 0.15) is 34.2 Å². The molecule has 0 radical (unpaired) electrons. The standard InChI is InChI=1S/C25H21BrFN3O2S/c1-15-28-22(23(33-15)17-9-11-18(27)12-10-17)25(31)30-13-5-8-19(30)14-20-29-21(24(26)32-20)16-6-3-2-4-7-16/h2-4,6-7,9-12,19H,5,8,13-14H2,1H3. The molecule has 33 heavy (non-hydrogen) atoms. The molecule has 0 bridgehead atoms. The molecule has 0 spiro atoms. The van der Waals surface area contributed by atoms with Crippen LogP contribution in [-0.2, 0) is 6.42 Å². The number of amides is 1. The molecule has 2 aromatic carbocycles. The Kier molecular flexibility index (Phi) is 6.12. The average molecular weight is 526 g/mol. The van der Waals surface area contributed by atoms with Crippen molar-refractivity contribution in [3.63, 3.8) is 0 Å². The number of likely N-dealkylation sites (tertiary alicyclic amines) is 1. The Balaban J connectivity index is 1.39. The highest BCUT2D eigenvalue weighted by atomic mass is 79.9. The third-order valence-electron chi connectivity index (χ3n) is 5.77. The van der Waals surface area contributed by atoms with Crippen LogP contribution >= 0.6 is 27.3 Å². The molecule has 0 N–H and O–H groups in total. The molecule has 8 heteroatoms. The number of thiazole rings is 1. The van der Waals surface area contributed by atoms with Crippen LogP contribution in [0.3, 0.4) is 0 Å². The Hall–Kier alpha value is -2.84. The van der Waals surface area contributed by atoms with Crippen LogP contribution in [0.4, 0.5) is 4.39 Å². The SMILES string of the molecule is Cc1nc(C(=O)N2CCCC2Cc2nc(-c3ccccc3)c(Br)o2)c(-c2ccc(F)cc2)s1. The molecule has 1 aliphatic rings. The first kappa shape index (κ1) is 22.0. The maximum atomic E-state index is 13.6. The van der Waals surface area contributed by atoms with Crippen molar-refractivity contribution in [1.29, 1.82) is 0 Å². The van der Waals surface area contributed by atoms with Crippen molar-refractivity contribution in [3.8, 4) is 21.7 Å². The summed E-state index contributed by atoms with van der Waals surface area (Å²) in [6, 6.07) is 16.0. The summed E-state index contributed by atoms with van der Waals surface area (Å²) in [6.07, 6.45) is 2.33. The molecule has 5 nitrogen and oxygen atoms in total. The predicted octanol–water partition coefficient (Wildman–Crippen LogP) is 6.52. The quantitative estimate of drug-likeness (QED) is 0.297. The lowest BCUT2D eigenvalue weighted by atomic mass is 10.1. The second-order valence-corrected chi connectivity index (χ2v) is 9.94. The fourth-order valence-corrected chi connectivity index (χ4v) is 5.65. The first-order chi connectivity index (χ1) is 16.0. The van der Waals surface area contributed by atoms with E-state index in [1.165, 1.54) is 23.5 Å². The number of oxazole rings is 1. The fraction of sp³-hybridized carbons (Fsp3) is 0.240. The van der Waals surface area contributed by atoms with Gasteiger partial charge >= 0.3 is 0 Å². The molecule has 1 amide bonds. The minimum absolute atomic E-state index is 0.0188. The van der Waals surface area contributed by atoms with Gasteiger partial charge in [0.2, 0.25) is 0 Å². The highest BCUT2D eigenvalue weighted by Crippen LogP contribution is 2.34. The number of nitrogens with zero attached hydrogens (tertiary/aromatic N) is 3. The molecule has 4 aromatic rings. The maximum Gasteiger partial charge on any atom is 0.274 e. The van der Waals surface area contributed by atoms with Gasteiger partial charge < -0.3 is 9.32 Å². The van der Waals surface area contributed by atoms with Crippen LogP contribution in [0.15, 0.2) is 63.7 Å².